The molecule has 2 aliphatic rings. The first-order valence-corrected chi connectivity index (χ1v) is 9.33. The molecule has 19 heavy (non-hydrogen) atoms. The Balaban J connectivity index is 1.83. The summed E-state index contributed by atoms with van der Waals surface area (Å²) in [7, 11) is -3.03. The summed E-state index contributed by atoms with van der Waals surface area (Å²) in [6.45, 7) is 1.63. The van der Waals surface area contributed by atoms with Crippen LogP contribution in [0.3, 0.4) is 0 Å². The Morgan fingerprint density at radius 1 is 1.16 bits per heavy atom. The fourth-order valence-corrected chi connectivity index (χ4v) is 4.12. The Kier molecular flexibility index (Phi) is 5.01. The molecule has 1 saturated carbocycles. The standard InChI is InChI=1S/C14H25NO3S/c1-2-19(17,18)10-9-14(16)13-8-7-11-5-3-4-6-12(11)15-13/h11-13,15H,2-10H2,1H3. The number of carbonyl (C=O) groups is 1. The highest BCUT2D eigenvalue weighted by molar-refractivity contribution is 7.91. The van der Waals surface area contributed by atoms with Crippen LogP contribution in [0, 0.1) is 5.92 Å². The van der Waals surface area contributed by atoms with Gasteiger partial charge in [-0.05, 0) is 31.6 Å². The van der Waals surface area contributed by atoms with Crippen molar-refractivity contribution in [2.45, 2.75) is 64.0 Å². The van der Waals surface area contributed by atoms with Crippen LogP contribution < -0.4 is 5.32 Å². The van der Waals surface area contributed by atoms with E-state index in [9.17, 15) is 13.2 Å². The molecule has 4 nitrogen and oxygen atoms in total. The largest absolute Gasteiger partial charge is 0.304 e. The predicted octanol–water partition coefficient (Wildman–Crippen LogP) is 1.69. The number of hydrogen-bond acceptors (Lipinski definition) is 4. The molecule has 1 saturated heterocycles. The first kappa shape index (κ1) is 15.0. The van der Waals surface area contributed by atoms with Crippen LogP contribution in [0.1, 0.15) is 51.9 Å². The van der Waals surface area contributed by atoms with Gasteiger partial charge in [-0.15, -0.1) is 0 Å². The summed E-state index contributed by atoms with van der Waals surface area (Å²) in [6, 6.07) is 0.380. The summed E-state index contributed by atoms with van der Waals surface area (Å²) in [4.78, 5) is 12.1. The number of ketones is 1. The van der Waals surface area contributed by atoms with Gasteiger partial charge in [-0.2, -0.15) is 0 Å². The maximum absolute atomic E-state index is 12.1. The van der Waals surface area contributed by atoms with E-state index in [4.69, 9.17) is 0 Å². The number of piperidine rings is 1. The molecule has 0 aromatic carbocycles. The van der Waals surface area contributed by atoms with Crippen molar-refractivity contribution < 1.29 is 13.2 Å². The Bertz CT molecular complexity index is 418. The van der Waals surface area contributed by atoms with Crippen molar-refractivity contribution in [3.8, 4) is 0 Å². The van der Waals surface area contributed by atoms with E-state index in [1.165, 1.54) is 25.7 Å². The van der Waals surface area contributed by atoms with E-state index in [0.717, 1.165) is 18.8 Å². The van der Waals surface area contributed by atoms with Crippen LogP contribution in [0.25, 0.3) is 0 Å². The van der Waals surface area contributed by atoms with Gasteiger partial charge < -0.3 is 5.32 Å². The van der Waals surface area contributed by atoms with Crippen LogP contribution in [0.2, 0.25) is 0 Å². The van der Waals surface area contributed by atoms with Crippen molar-refractivity contribution in [3.05, 3.63) is 0 Å². The maximum Gasteiger partial charge on any atom is 0.150 e. The van der Waals surface area contributed by atoms with Gasteiger partial charge in [0, 0.05) is 18.2 Å². The maximum atomic E-state index is 12.1. The second kappa shape index (κ2) is 6.35. The number of nitrogens with one attached hydrogen (secondary N) is 1. The van der Waals surface area contributed by atoms with E-state index in [0.29, 0.717) is 6.04 Å². The predicted molar refractivity (Wildman–Crippen MR) is 75.9 cm³/mol. The van der Waals surface area contributed by atoms with E-state index in [1.807, 2.05) is 0 Å². The van der Waals surface area contributed by atoms with Crippen LogP contribution in [0.15, 0.2) is 0 Å². The summed E-state index contributed by atoms with van der Waals surface area (Å²) in [5, 5.41) is 3.47. The van der Waals surface area contributed by atoms with Gasteiger partial charge >= 0.3 is 0 Å². The highest BCUT2D eigenvalue weighted by atomic mass is 32.2. The highest BCUT2D eigenvalue weighted by Gasteiger charge is 2.34. The minimum absolute atomic E-state index is 0.00854. The molecule has 1 aliphatic heterocycles. The van der Waals surface area contributed by atoms with Gasteiger partial charge in [-0.25, -0.2) is 8.42 Å². The van der Waals surface area contributed by atoms with Gasteiger partial charge in [0.1, 0.15) is 9.84 Å². The van der Waals surface area contributed by atoms with Crippen molar-refractivity contribution in [2.24, 2.45) is 5.92 Å². The fraction of sp³-hybridized carbons (Fsp3) is 0.929. The zero-order valence-corrected chi connectivity index (χ0v) is 12.5. The molecular formula is C14H25NO3S. The van der Waals surface area contributed by atoms with Gasteiger partial charge in [0.2, 0.25) is 0 Å². The van der Waals surface area contributed by atoms with Crippen LogP contribution in [-0.2, 0) is 14.6 Å². The molecule has 2 rings (SSSR count). The molecule has 1 aliphatic carbocycles. The zero-order valence-electron chi connectivity index (χ0n) is 11.7. The number of fused-ring (bicyclic) bond motifs is 1. The molecule has 0 amide bonds. The highest BCUT2D eigenvalue weighted by Crippen LogP contribution is 2.32. The third kappa shape index (κ3) is 4.02. The number of carbonyl (C=O) groups excluding carboxylic acids is 1. The average Bonchev–Trinajstić information content (AvgIpc) is 2.44. The van der Waals surface area contributed by atoms with Crippen molar-refractivity contribution in [1.82, 2.24) is 5.32 Å². The van der Waals surface area contributed by atoms with Gasteiger partial charge in [0.05, 0.1) is 11.8 Å². The Morgan fingerprint density at radius 2 is 1.89 bits per heavy atom. The van der Waals surface area contributed by atoms with E-state index >= 15 is 0 Å². The molecule has 0 bridgehead atoms. The summed E-state index contributed by atoms with van der Waals surface area (Å²) in [6.07, 6.45) is 7.19. The van der Waals surface area contributed by atoms with Crippen LogP contribution >= 0.6 is 0 Å². The summed E-state index contributed by atoms with van der Waals surface area (Å²) < 4.78 is 22.9. The van der Waals surface area contributed by atoms with E-state index in [2.05, 4.69) is 5.32 Å². The summed E-state index contributed by atoms with van der Waals surface area (Å²) >= 11 is 0. The Labute approximate surface area is 116 Å². The van der Waals surface area contributed by atoms with Crippen molar-refractivity contribution >= 4 is 15.6 Å². The van der Waals surface area contributed by atoms with Crippen LogP contribution in [0.5, 0.6) is 0 Å². The normalized spacial score (nSPS) is 31.7. The molecule has 0 aromatic rings. The second-order valence-corrected chi connectivity index (χ2v) is 8.37. The molecule has 1 heterocycles. The number of sulfone groups is 1. The molecule has 3 unspecified atom stereocenters. The first-order valence-electron chi connectivity index (χ1n) is 7.51. The van der Waals surface area contributed by atoms with Crippen molar-refractivity contribution in [2.75, 3.05) is 11.5 Å². The topological polar surface area (TPSA) is 63.2 Å². The summed E-state index contributed by atoms with van der Waals surface area (Å²) in [5.41, 5.74) is 0. The SMILES string of the molecule is CCS(=O)(=O)CCC(=O)C1CCC2CCCCC2N1. The minimum atomic E-state index is -3.03. The lowest BCUT2D eigenvalue weighted by Gasteiger charge is -2.40. The molecule has 3 atom stereocenters. The third-order valence-corrected chi connectivity index (χ3v) is 6.34. The molecule has 110 valence electrons. The van der Waals surface area contributed by atoms with Gasteiger partial charge in [0.25, 0.3) is 0 Å². The van der Waals surface area contributed by atoms with Gasteiger partial charge in [-0.3, -0.25) is 4.79 Å². The number of Topliss-reactive ketones (excluding diaryl/α,β-unsaturated/α-hetero) is 1. The van der Waals surface area contributed by atoms with Gasteiger partial charge in [0.15, 0.2) is 5.78 Å². The molecule has 2 fully saturated rings. The average molecular weight is 287 g/mol. The lowest BCUT2D eigenvalue weighted by molar-refractivity contribution is -0.122. The Morgan fingerprint density at radius 3 is 2.63 bits per heavy atom. The molecule has 0 aromatic heterocycles. The fourth-order valence-electron chi connectivity index (χ4n) is 3.32. The molecular weight excluding hydrogens is 262 g/mol. The number of rotatable bonds is 5. The van der Waals surface area contributed by atoms with Gasteiger partial charge in [-0.1, -0.05) is 19.8 Å². The van der Waals surface area contributed by atoms with Crippen molar-refractivity contribution in [1.29, 1.82) is 0 Å². The molecule has 0 spiro atoms. The zero-order chi connectivity index (χ0) is 13.9. The molecule has 0 radical (unpaired) electrons. The second-order valence-electron chi connectivity index (χ2n) is 5.90. The third-order valence-electron chi connectivity index (χ3n) is 4.64. The minimum Gasteiger partial charge on any atom is -0.304 e. The van der Waals surface area contributed by atoms with E-state index in [1.54, 1.807) is 6.92 Å². The lowest BCUT2D eigenvalue weighted by Crippen LogP contribution is -2.52. The van der Waals surface area contributed by atoms with E-state index < -0.39 is 9.84 Å². The monoisotopic (exact) mass is 287 g/mol. The van der Waals surface area contributed by atoms with Crippen LogP contribution in [0.4, 0.5) is 0 Å². The Hall–Kier alpha value is -0.420. The lowest BCUT2D eigenvalue weighted by atomic mass is 9.77. The quantitative estimate of drug-likeness (QED) is 0.836. The molecule has 1 N–H and O–H groups in total. The molecule has 5 heteroatoms. The number of hydrogen-bond donors (Lipinski definition) is 1. The van der Waals surface area contributed by atoms with Crippen molar-refractivity contribution in [3.63, 3.8) is 0 Å². The van der Waals surface area contributed by atoms with Crippen LogP contribution in [-0.4, -0.2) is 37.8 Å². The van der Waals surface area contributed by atoms with E-state index in [-0.39, 0.29) is 29.8 Å². The summed E-state index contributed by atoms with van der Waals surface area (Å²) in [5.74, 6) is 0.954. The smallest absolute Gasteiger partial charge is 0.150 e. The first-order chi connectivity index (χ1) is 9.02.